The second kappa shape index (κ2) is 16.3. The zero-order chi connectivity index (χ0) is 37.1. The molecule has 2 saturated heterocycles. The number of hydrogen-bond acceptors (Lipinski definition) is 10. The molecule has 2 amide bonds. The standard InChI is InChI=1S/C39H43Cl2N7O5/c1-42-36(50)22-14-15-48(20-22)21-23-16-30(40)38(47-37(23)51-2)53-33-12-11-26-25(6-4-7-27(26)33)28-8-5-9-29(35(28)41)31-19-44-32(39(46-31)52-3)18-43-17-24-10-13-34(49)45-24/h4-9,16,19,22,24,33,43H,10-15,17-18,20-21H2,1-3H3,(H,42,50)(H,45,49)/t22?,24-,33-/m0/s1. The Balaban J connectivity index is 1.07. The van der Waals surface area contributed by atoms with Crippen molar-refractivity contribution < 1.29 is 23.8 Å². The molecular weight excluding hydrogens is 717 g/mol. The van der Waals surface area contributed by atoms with E-state index in [2.05, 4.69) is 38.0 Å². The zero-order valence-electron chi connectivity index (χ0n) is 30.0. The van der Waals surface area contributed by atoms with Crippen molar-refractivity contribution >= 4 is 35.0 Å². The van der Waals surface area contributed by atoms with Crippen LogP contribution in [0.2, 0.25) is 10.0 Å². The molecular formula is C39H43Cl2N7O5. The van der Waals surface area contributed by atoms with Crippen molar-refractivity contribution in [3.8, 4) is 40.0 Å². The number of likely N-dealkylation sites (tertiary alicyclic amines) is 1. The first-order chi connectivity index (χ1) is 25.8. The number of amides is 2. The number of hydrogen-bond donors (Lipinski definition) is 3. The monoisotopic (exact) mass is 759 g/mol. The summed E-state index contributed by atoms with van der Waals surface area (Å²) < 4.78 is 17.8. The third kappa shape index (κ3) is 7.91. The Kier molecular flexibility index (Phi) is 11.3. The summed E-state index contributed by atoms with van der Waals surface area (Å²) in [6.45, 7) is 3.14. The van der Waals surface area contributed by atoms with Gasteiger partial charge in [0.2, 0.25) is 29.5 Å². The van der Waals surface area contributed by atoms with Gasteiger partial charge in [-0.15, -0.1) is 0 Å². The van der Waals surface area contributed by atoms with Crippen LogP contribution in [-0.2, 0) is 29.1 Å². The number of carbonyl (C=O) groups excluding carboxylic acids is 2. The van der Waals surface area contributed by atoms with E-state index < -0.39 is 0 Å². The number of nitrogens with zero attached hydrogens (tertiary/aromatic N) is 4. The summed E-state index contributed by atoms with van der Waals surface area (Å²) in [7, 11) is 4.83. The van der Waals surface area contributed by atoms with Gasteiger partial charge in [-0.3, -0.25) is 19.5 Å². The zero-order valence-corrected chi connectivity index (χ0v) is 31.5. The molecule has 0 spiro atoms. The maximum Gasteiger partial charge on any atom is 0.237 e. The van der Waals surface area contributed by atoms with Crippen LogP contribution in [0.1, 0.15) is 54.2 Å². The molecule has 2 aliphatic heterocycles. The van der Waals surface area contributed by atoms with E-state index in [-0.39, 0.29) is 29.9 Å². The van der Waals surface area contributed by atoms with Crippen LogP contribution in [0.25, 0.3) is 22.4 Å². The molecule has 0 saturated carbocycles. The molecule has 278 valence electrons. The van der Waals surface area contributed by atoms with E-state index in [1.54, 1.807) is 27.5 Å². The first-order valence-corrected chi connectivity index (χ1v) is 18.7. The highest BCUT2D eigenvalue weighted by atomic mass is 35.5. The van der Waals surface area contributed by atoms with Crippen LogP contribution in [-0.4, -0.2) is 78.6 Å². The summed E-state index contributed by atoms with van der Waals surface area (Å²) in [6, 6.07) is 14.1. The Morgan fingerprint density at radius 3 is 2.55 bits per heavy atom. The molecule has 0 radical (unpaired) electrons. The maximum atomic E-state index is 12.1. The molecule has 53 heavy (non-hydrogen) atoms. The van der Waals surface area contributed by atoms with Gasteiger partial charge < -0.3 is 30.2 Å². The second-order valence-electron chi connectivity index (χ2n) is 13.6. The minimum absolute atomic E-state index is 0.0294. The second-order valence-corrected chi connectivity index (χ2v) is 14.4. The highest BCUT2D eigenvalue weighted by Crippen LogP contribution is 2.44. The fraction of sp³-hybridized carbons (Fsp3) is 0.410. The Hall–Kier alpha value is -4.49. The average Bonchev–Trinajstić information content (AvgIpc) is 3.93. The SMILES string of the molecule is CNC(=O)C1CCN(Cc2cc(Cl)c(O[C@H]3CCc4c(-c5cccc(-c6cnc(CNC[C@@H]7CCC(=O)N7)c(OC)n6)c5Cl)cccc43)nc2OC)C1. The molecule has 2 fully saturated rings. The Morgan fingerprint density at radius 2 is 1.77 bits per heavy atom. The van der Waals surface area contributed by atoms with Crippen molar-refractivity contribution in [1.29, 1.82) is 0 Å². The van der Waals surface area contributed by atoms with Gasteiger partial charge in [-0.2, -0.15) is 4.98 Å². The van der Waals surface area contributed by atoms with E-state index in [0.29, 0.717) is 71.7 Å². The third-order valence-corrected chi connectivity index (χ3v) is 10.9. The van der Waals surface area contributed by atoms with Gasteiger partial charge >= 0.3 is 0 Å². The van der Waals surface area contributed by atoms with Gasteiger partial charge in [-0.25, -0.2) is 4.98 Å². The lowest BCUT2D eigenvalue weighted by Crippen LogP contribution is -2.35. The van der Waals surface area contributed by atoms with E-state index >= 15 is 0 Å². The van der Waals surface area contributed by atoms with E-state index in [4.69, 9.17) is 47.4 Å². The fourth-order valence-electron chi connectivity index (χ4n) is 7.57. The summed E-state index contributed by atoms with van der Waals surface area (Å²) >= 11 is 13.9. The Bertz CT molecular complexity index is 2010. The number of methoxy groups -OCH3 is 2. The molecule has 2 aromatic carbocycles. The molecule has 14 heteroatoms. The molecule has 1 aliphatic carbocycles. The molecule has 4 aromatic rings. The molecule has 12 nitrogen and oxygen atoms in total. The van der Waals surface area contributed by atoms with E-state index in [0.717, 1.165) is 65.6 Å². The highest BCUT2D eigenvalue weighted by molar-refractivity contribution is 6.36. The van der Waals surface area contributed by atoms with Crippen LogP contribution in [0, 0.1) is 5.92 Å². The number of carbonyl (C=O) groups is 2. The number of nitrogens with one attached hydrogen (secondary N) is 3. The quantitative estimate of drug-likeness (QED) is 0.159. The molecule has 4 heterocycles. The predicted octanol–water partition coefficient (Wildman–Crippen LogP) is 5.53. The number of pyridine rings is 1. The Morgan fingerprint density at radius 1 is 0.981 bits per heavy atom. The minimum Gasteiger partial charge on any atom is -0.481 e. The van der Waals surface area contributed by atoms with Gasteiger partial charge in [0.05, 0.1) is 37.1 Å². The molecule has 2 aromatic heterocycles. The van der Waals surface area contributed by atoms with Gasteiger partial charge in [0.15, 0.2) is 0 Å². The summed E-state index contributed by atoms with van der Waals surface area (Å²) in [4.78, 5) is 40.0. The van der Waals surface area contributed by atoms with Crippen LogP contribution < -0.4 is 30.2 Å². The number of fused-ring (bicyclic) bond motifs is 1. The molecule has 3 N–H and O–H groups in total. The van der Waals surface area contributed by atoms with Crippen molar-refractivity contribution in [2.75, 3.05) is 40.9 Å². The number of benzene rings is 2. The van der Waals surface area contributed by atoms with Crippen LogP contribution in [0.4, 0.5) is 0 Å². The van der Waals surface area contributed by atoms with Crippen molar-refractivity contribution in [3.63, 3.8) is 0 Å². The Labute approximate surface area is 318 Å². The smallest absolute Gasteiger partial charge is 0.237 e. The molecule has 1 unspecified atom stereocenters. The lowest BCUT2D eigenvalue weighted by molar-refractivity contribution is -0.124. The van der Waals surface area contributed by atoms with Gasteiger partial charge in [0.1, 0.15) is 16.8 Å². The van der Waals surface area contributed by atoms with Gasteiger partial charge in [-0.1, -0.05) is 59.6 Å². The minimum atomic E-state index is -0.263. The molecule has 3 atom stereocenters. The van der Waals surface area contributed by atoms with Crippen molar-refractivity contribution in [1.82, 2.24) is 35.8 Å². The predicted molar refractivity (Wildman–Crippen MR) is 202 cm³/mol. The van der Waals surface area contributed by atoms with Crippen LogP contribution in [0.3, 0.4) is 0 Å². The van der Waals surface area contributed by atoms with Crippen molar-refractivity contribution in [2.24, 2.45) is 5.92 Å². The topological polar surface area (TPSA) is 140 Å². The lowest BCUT2D eigenvalue weighted by Gasteiger charge is -2.20. The summed E-state index contributed by atoms with van der Waals surface area (Å²) in [5, 5.41) is 10.0. The number of rotatable bonds is 13. The normalized spacial score (nSPS) is 19.6. The number of ether oxygens (including phenoxy) is 3. The van der Waals surface area contributed by atoms with Crippen LogP contribution in [0.5, 0.6) is 17.6 Å². The van der Waals surface area contributed by atoms with Crippen molar-refractivity contribution in [3.05, 3.63) is 81.1 Å². The van der Waals surface area contributed by atoms with E-state index in [1.165, 1.54) is 0 Å². The first-order valence-electron chi connectivity index (χ1n) is 17.9. The fourth-order valence-corrected chi connectivity index (χ4v) is 8.12. The highest BCUT2D eigenvalue weighted by Gasteiger charge is 2.31. The largest absolute Gasteiger partial charge is 0.481 e. The van der Waals surface area contributed by atoms with Gasteiger partial charge in [0.25, 0.3) is 0 Å². The molecule has 0 bridgehead atoms. The summed E-state index contributed by atoms with van der Waals surface area (Å²) in [5.74, 6) is 1.30. The molecule has 3 aliphatic rings. The first kappa shape index (κ1) is 36.9. The number of aromatic nitrogens is 3. The van der Waals surface area contributed by atoms with Crippen LogP contribution >= 0.6 is 23.2 Å². The average molecular weight is 761 g/mol. The van der Waals surface area contributed by atoms with Gasteiger partial charge in [-0.05, 0) is 55.0 Å². The summed E-state index contributed by atoms with van der Waals surface area (Å²) in [5.41, 5.74) is 6.97. The number of halogens is 2. The van der Waals surface area contributed by atoms with Crippen LogP contribution in [0.15, 0.2) is 48.7 Å². The summed E-state index contributed by atoms with van der Waals surface area (Å²) in [6.07, 6.45) is 5.16. The van der Waals surface area contributed by atoms with E-state index in [1.807, 2.05) is 30.3 Å². The molecule has 7 rings (SSSR count). The maximum absolute atomic E-state index is 12.1. The lowest BCUT2D eigenvalue weighted by atomic mass is 9.95. The van der Waals surface area contributed by atoms with E-state index in [9.17, 15) is 9.59 Å². The third-order valence-electron chi connectivity index (χ3n) is 10.3. The van der Waals surface area contributed by atoms with Gasteiger partial charge in [0, 0.05) is 62.4 Å². The van der Waals surface area contributed by atoms with Crippen molar-refractivity contribution in [2.45, 2.75) is 57.3 Å².